The molecule has 3 N–H and O–H groups in total. The largest absolute Gasteiger partial charge is 0.361 e. The van der Waals surface area contributed by atoms with Gasteiger partial charge in [0.25, 0.3) is 0 Å². The Morgan fingerprint density at radius 1 is 1.14 bits per heavy atom. The number of anilines is 1. The van der Waals surface area contributed by atoms with Gasteiger partial charge in [0.1, 0.15) is 0 Å². The van der Waals surface area contributed by atoms with Gasteiger partial charge in [-0.2, -0.15) is 0 Å². The first-order chi connectivity index (χ1) is 14.1. The monoisotopic (exact) mass is 405 g/mol. The van der Waals surface area contributed by atoms with Gasteiger partial charge in [0.15, 0.2) is 5.11 Å². The standard InChI is InChI=1S/C22H23N5OS/c1-15-10-11-18(24-15)21-20(17-9-5-6-13-23-17)26-22(29)27(21)14-12-19(28)25-16-7-3-2-4-8-16/h2-11,13,20-21,24H,12,14H2,1H3,(H,25,28)(H,26,29)/t20-,21+/m0/s1. The minimum Gasteiger partial charge on any atom is -0.361 e. The summed E-state index contributed by atoms with van der Waals surface area (Å²) >= 11 is 5.62. The van der Waals surface area contributed by atoms with Crippen LogP contribution in [0.4, 0.5) is 5.69 Å². The average molecular weight is 406 g/mol. The Balaban J connectivity index is 1.52. The predicted octanol–water partition coefficient (Wildman–Crippen LogP) is 3.72. The van der Waals surface area contributed by atoms with Crippen LogP contribution in [-0.4, -0.2) is 32.4 Å². The van der Waals surface area contributed by atoms with E-state index in [9.17, 15) is 4.79 Å². The lowest BCUT2D eigenvalue weighted by molar-refractivity contribution is -0.116. The van der Waals surface area contributed by atoms with Crippen LogP contribution in [0.1, 0.15) is 35.6 Å². The number of carbonyl (C=O) groups is 1. The first-order valence-corrected chi connectivity index (χ1v) is 10.0. The molecule has 0 spiro atoms. The van der Waals surface area contributed by atoms with Gasteiger partial charge < -0.3 is 20.5 Å². The van der Waals surface area contributed by atoms with E-state index in [1.165, 1.54) is 0 Å². The van der Waals surface area contributed by atoms with Crippen LogP contribution < -0.4 is 10.6 Å². The van der Waals surface area contributed by atoms with E-state index in [-0.39, 0.29) is 18.0 Å². The Morgan fingerprint density at radius 3 is 2.62 bits per heavy atom. The van der Waals surface area contributed by atoms with Crippen molar-refractivity contribution in [3.05, 3.63) is 83.9 Å². The number of carbonyl (C=O) groups excluding carboxylic acids is 1. The molecule has 2 aromatic heterocycles. The van der Waals surface area contributed by atoms with Crippen LogP contribution in [-0.2, 0) is 4.79 Å². The second-order valence-corrected chi connectivity index (χ2v) is 7.47. The fourth-order valence-corrected chi connectivity index (χ4v) is 3.98. The maximum atomic E-state index is 12.5. The van der Waals surface area contributed by atoms with E-state index in [1.54, 1.807) is 6.20 Å². The number of thiocarbonyl (C=S) groups is 1. The maximum absolute atomic E-state index is 12.5. The molecule has 0 bridgehead atoms. The van der Waals surface area contributed by atoms with E-state index in [2.05, 4.69) is 31.6 Å². The summed E-state index contributed by atoms with van der Waals surface area (Å²) in [6.45, 7) is 2.54. The number of aromatic amines is 1. The molecule has 0 aliphatic carbocycles. The molecule has 1 aromatic carbocycles. The number of rotatable bonds is 6. The Bertz CT molecular complexity index is 989. The molecule has 6 nitrogen and oxygen atoms in total. The summed E-state index contributed by atoms with van der Waals surface area (Å²) in [7, 11) is 0. The van der Waals surface area contributed by atoms with Gasteiger partial charge in [-0.1, -0.05) is 24.3 Å². The lowest BCUT2D eigenvalue weighted by Crippen LogP contribution is -2.32. The zero-order valence-electron chi connectivity index (χ0n) is 16.1. The van der Waals surface area contributed by atoms with Crippen LogP contribution in [0, 0.1) is 6.92 Å². The summed E-state index contributed by atoms with van der Waals surface area (Å²) in [5.74, 6) is -0.0401. The number of aromatic nitrogens is 2. The van der Waals surface area contributed by atoms with E-state index >= 15 is 0 Å². The molecule has 0 radical (unpaired) electrons. The number of nitrogens with one attached hydrogen (secondary N) is 3. The van der Waals surface area contributed by atoms with Gasteiger partial charge in [-0.15, -0.1) is 0 Å². The molecule has 1 aliphatic rings. The highest BCUT2D eigenvalue weighted by Crippen LogP contribution is 2.38. The van der Waals surface area contributed by atoms with Crippen molar-refractivity contribution in [3.8, 4) is 0 Å². The smallest absolute Gasteiger partial charge is 0.226 e. The van der Waals surface area contributed by atoms with Crippen molar-refractivity contribution in [2.24, 2.45) is 0 Å². The molecule has 1 amide bonds. The molecular weight excluding hydrogens is 382 g/mol. The number of hydrogen-bond donors (Lipinski definition) is 3. The van der Waals surface area contributed by atoms with Crippen molar-refractivity contribution in [3.63, 3.8) is 0 Å². The van der Waals surface area contributed by atoms with Crippen LogP contribution in [0.2, 0.25) is 0 Å². The molecule has 0 saturated carbocycles. The molecule has 0 unspecified atom stereocenters. The van der Waals surface area contributed by atoms with Crippen LogP contribution in [0.25, 0.3) is 0 Å². The second kappa shape index (κ2) is 8.45. The van der Waals surface area contributed by atoms with E-state index in [0.29, 0.717) is 18.1 Å². The molecule has 7 heteroatoms. The summed E-state index contributed by atoms with van der Waals surface area (Å²) in [6.07, 6.45) is 2.12. The van der Waals surface area contributed by atoms with E-state index < -0.39 is 0 Å². The van der Waals surface area contributed by atoms with Crippen molar-refractivity contribution < 1.29 is 4.79 Å². The van der Waals surface area contributed by atoms with E-state index in [4.69, 9.17) is 12.2 Å². The first kappa shape index (κ1) is 19.1. The van der Waals surface area contributed by atoms with Gasteiger partial charge in [-0.25, -0.2) is 0 Å². The van der Waals surface area contributed by atoms with Crippen molar-refractivity contribution in [2.45, 2.75) is 25.4 Å². The minimum atomic E-state index is -0.0843. The number of amides is 1. The number of H-pyrrole nitrogens is 1. The highest BCUT2D eigenvalue weighted by atomic mass is 32.1. The molecule has 4 rings (SSSR count). The molecule has 3 aromatic rings. The van der Waals surface area contributed by atoms with Crippen LogP contribution >= 0.6 is 12.2 Å². The molecule has 1 fully saturated rings. The highest BCUT2D eigenvalue weighted by molar-refractivity contribution is 7.80. The predicted molar refractivity (Wildman–Crippen MR) is 117 cm³/mol. The SMILES string of the molecule is Cc1ccc([C@@H]2[C@H](c3ccccn3)NC(=S)N2CCC(=O)Nc2ccccc2)[nH]1. The van der Waals surface area contributed by atoms with E-state index in [1.807, 2.05) is 61.5 Å². The number of aryl methyl sites for hydroxylation is 1. The van der Waals surface area contributed by atoms with Crippen molar-refractivity contribution >= 4 is 28.9 Å². The number of pyridine rings is 1. The van der Waals surface area contributed by atoms with Gasteiger partial charge in [0, 0.05) is 36.2 Å². The van der Waals surface area contributed by atoms with Gasteiger partial charge in [0.2, 0.25) is 5.91 Å². The van der Waals surface area contributed by atoms with Gasteiger partial charge in [-0.05, 0) is 55.5 Å². The van der Waals surface area contributed by atoms with E-state index in [0.717, 1.165) is 22.8 Å². The Morgan fingerprint density at radius 2 is 1.93 bits per heavy atom. The second-order valence-electron chi connectivity index (χ2n) is 7.08. The quantitative estimate of drug-likeness (QED) is 0.545. The first-order valence-electron chi connectivity index (χ1n) is 9.60. The molecule has 148 valence electrons. The maximum Gasteiger partial charge on any atom is 0.226 e. The lowest BCUT2D eigenvalue weighted by atomic mass is 10.0. The van der Waals surface area contributed by atoms with Crippen LogP contribution in [0.15, 0.2) is 66.9 Å². The third-order valence-corrected chi connectivity index (χ3v) is 5.36. The Kier molecular flexibility index (Phi) is 5.57. The summed E-state index contributed by atoms with van der Waals surface area (Å²) in [4.78, 5) is 22.5. The normalized spacial score (nSPS) is 18.5. The van der Waals surface area contributed by atoms with Crippen molar-refractivity contribution in [1.82, 2.24) is 20.2 Å². The lowest BCUT2D eigenvalue weighted by Gasteiger charge is -2.26. The molecule has 29 heavy (non-hydrogen) atoms. The molecule has 3 heterocycles. The number of nitrogens with zero attached hydrogens (tertiary/aromatic N) is 2. The zero-order valence-corrected chi connectivity index (χ0v) is 16.9. The number of hydrogen-bond acceptors (Lipinski definition) is 3. The molecular formula is C22H23N5OS. The molecule has 2 atom stereocenters. The Labute approximate surface area is 175 Å². The third-order valence-electron chi connectivity index (χ3n) is 5.01. The van der Waals surface area contributed by atoms with Crippen molar-refractivity contribution in [1.29, 1.82) is 0 Å². The number of benzene rings is 1. The highest BCUT2D eigenvalue weighted by Gasteiger charge is 2.40. The third kappa shape index (κ3) is 4.30. The zero-order chi connectivity index (χ0) is 20.2. The average Bonchev–Trinajstić information content (AvgIpc) is 3.30. The Hall–Kier alpha value is -3.19. The van der Waals surface area contributed by atoms with Crippen LogP contribution in [0.5, 0.6) is 0 Å². The fourth-order valence-electron chi connectivity index (χ4n) is 3.65. The van der Waals surface area contributed by atoms with Crippen LogP contribution in [0.3, 0.4) is 0 Å². The van der Waals surface area contributed by atoms with Crippen molar-refractivity contribution in [2.75, 3.05) is 11.9 Å². The summed E-state index contributed by atoms with van der Waals surface area (Å²) in [5, 5.41) is 6.96. The fraction of sp³-hybridized carbons (Fsp3) is 0.227. The topological polar surface area (TPSA) is 73.1 Å². The van der Waals surface area contributed by atoms with Gasteiger partial charge in [-0.3, -0.25) is 9.78 Å². The van der Waals surface area contributed by atoms with Gasteiger partial charge in [0.05, 0.1) is 17.8 Å². The summed E-state index contributed by atoms with van der Waals surface area (Å²) < 4.78 is 0. The number of para-hydroxylation sites is 1. The molecule has 1 aliphatic heterocycles. The minimum absolute atomic E-state index is 0.0401. The summed E-state index contributed by atoms with van der Waals surface area (Å²) in [6, 6.07) is 19.3. The summed E-state index contributed by atoms with van der Waals surface area (Å²) in [5.41, 5.74) is 3.85. The van der Waals surface area contributed by atoms with Gasteiger partial charge >= 0.3 is 0 Å². The molecule has 1 saturated heterocycles.